The highest BCUT2D eigenvalue weighted by Gasteiger charge is 2.19. The number of benzene rings is 2. The van der Waals surface area contributed by atoms with E-state index in [2.05, 4.69) is 0 Å². The summed E-state index contributed by atoms with van der Waals surface area (Å²) >= 11 is 1.44. The summed E-state index contributed by atoms with van der Waals surface area (Å²) in [5, 5.41) is 0. The van der Waals surface area contributed by atoms with Gasteiger partial charge in [0.1, 0.15) is 18.0 Å². The maximum absolute atomic E-state index is 12.0. The van der Waals surface area contributed by atoms with Crippen LogP contribution in [0, 0.1) is 0 Å². The molecule has 6 heteroatoms. The lowest BCUT2D eigenvalue weighted by molar-refractivity contribution is -0.141. The Hall–Kier alpha value is -2.34. The molecule has 2 aromatic carbocycles. The number of anilines is 1. The fourth-order valence-electron chi connectivity index (χ4n) is 2.09. The molecule has 0 saturated heterocycles. The van der Waals surface area contributed by atoms with Crippen LogP contribution in [0.4, 0.5) is 5.69 Å². The van der Waals surface area contributed by atoms with Crippen LogP contribution in [-0.4, -0.2) is 33.3 Å². The molecule has 0 saturated carbocycles. The van der Waals surface area contributed by atoms with Crippen molar-refractivity contribution in [1.82, 2.24) is 0 Å². The SMILES string of the molecule is CC.CCOC(=O)CN(Sc1ccccc1)c1cc(OC)ccc1OC. The van der Waals surface area contributed by atoms with E-state index < -0.39 is 0 Å². The van der Waals surface area contributed by atoms with E-state index in [4.69, 9.17) is 14.2 Å². The summed E-state index contributed by atoms with van der Waals surface area (Å²) in [6.45, 7) is 6.23. The Kier molecular flexibility index (Phi) is 10.1. The average Bonchev–Trinajstić information content (AvgIpc) is 2.69. The van der Waals surface area contributed by atoms with E-state index in [0.29, 0.717) is 18.1 Å². The molecule has 26 heavy (non-hydrogen) atoms. The van der Waals surface area contributed by atoms with Gasteiger partial charge in [-0.1, -0.05) is 32.0 Å². The van der Waals surface area contributed by atoms with Gasteiger partial charge in [-0.3, -0.25) is 9.10 Å². The molecule has 0 aliphatic heterocycles. The topological polar surface area (TPSA) is 48.0 Å². The Morgan fingerprint density at radius 2 is 1.73 bits per heavy atom. The number of ether oxygens (including phenoxy) is 3. The quantitative estimate of drug-likeness (QED) is 0.486. The molecule has 0 aromatic heterocycles. The molecule has 0 aliphatic rings. The molecule has 0 radical (unpaired) electrons. The molecule has 0 heterocycles. The molecule has 0 fully saturated rings. The minimum Gasteiger partial charge on any atom is -0.497 e. The van der Waals surface area contributed by atoms with E-state index in [1.54, 1.807) is 21.1 Å². The van der Waals surface area contributed by atoms with Crippen molar-refractivity contribution in [2.24, 2.45) is 0 Å². The first-order valence-corrected chi connectivity index (χ1v) is 9.33. The molecule has 0 atom stereocenters. The van der Waals surface area contributed by atoms with Gasteiger partial charge in [0.15, 0.2) is 0 Å². The van der Waals surface area contributed by atoms with Crippen molar-refractivity contribution in [2.45, 2.75) is 25.7 Å². The van der Waals surface area contributed by atoms with Crippen molar-refractivity contribution in [3.63, 3.8) is 0 Å². The maximum atomic E-state index is 12.0. The highest BCUT2D eigenvalue weighted by molar-refractivity contribution is 8.00. The summed E-state index contributed by atoms with van der Waals surface area (Å²) < 4.78 is 17.7. The lowest BCUT2D eigenvalue weighted by Crippen LogP contribution is -2.25. The maximum Gasteiger partial charge on any atom is 0.326 e. The van der Waals surface area contributed by atoms with Crippen LogP contribution < -0.4 is 13.8 Å². The lowest BCUT2D eigenvalue weighted by Gasteiger charge is -2.24. The van der Waals surface area contributed by atoms with Crippen LogP contribution in [0.25, 0.3) is 0 Å². The summed E-state index contributed by atoms with van der Waals surface area (Å²) in [6, 6.07) is 15.3. The van der Waals surface area contributed by atoms with Crippen LogP contribution in [0.2, 0.25) is 0 Å². The second kappa shape index (κ2) is 12.1. The van der Waals surface area contributed by atoms with Crippen LogP contribution in [0.15, 0.2) is 53.4 Å². The molecule has 2 rings (SSSR count). The summed E-state index contributed by atoms with van der Waals surface area (Å²) in [6.07, 6.45) is 0. The molecular formula is C20H27NO4S. The van der Waals surface area contributed by atoms with Gasteiger partial charge in [0.2, 0.25) is 0 Å². The number of carbonyl (C=O) groups excluding carboxylic acids is 1. The predicted octanol–water partition coefficient (Wildman–Crippen LogP) is 4.81. The Labute approximate surface area is 160 Å². The molecule has 0 bridgehead atoms. The fourth-order valence-corrected chi connectivity index (χ4v) is 3.04. The van der Waals surface area contributed by atoms with Crippen molar-refractivity contribution in [1.29, 1.82) is 0 Å². The van der Waals surface area contributed by atoms with Crippen LogP contribution in [0.3, 0.4) is 0 Å². The Morgan fingerprint density at radius 3 is 2.31 bits per heavy atom. The average molecular weight is 378 g/mol. The molecule has 5 nitrogen and oxygen atoms in total. The first-order chi connectivity index (χ1) is 12.7. The molecule has 2 aromatic rings. The van der Waals surface area contributed by atoms with Crippen molar-refractivity contribution in [3.8, 4) is 11.5 Å². The Balaban J connectivity index is 0.00000163. The number of carbonyl (C=O) groups is 1. The smallest absolute Gasteiger partial charge is 0.326 e. The van der Waals surface area contributed by atoms with Crippen LogP contribution >= 0.6 is 11.9 Å². The number of nitrogens with zero attached hydrogens (tertiary/aromatic N) is 1. The minimum atomic E-state index is -0.300. The van der Waals surface area contributed by atoms with E-state index in [1.165, 1.54) is 11.9 Å². The number of hydrogen-bond acceptors (Lipinski definition) is 6. The van der Waals surface area contributed by atoms with E-state index in [-0.39, 0.29) is 12.5 Å². The largest absolute Gasteiger partial charge is 0.497 e. The Bertz CT molecular complexity index is 664. The molecule has 0 amide bonds. The molecule has 0 N–H and O–H groups in total. The standard InChI is InChI=1S/C18H21NO4S.C2H6/c1-4-23-18(20)13-19(24-15-8-6-5-7-9-15)16-12-14(21-2)10-11-17(16)22-3;1-2/h5-12H,4,13H2,1-3H3;1-2H3. The van der Waals surface area contributed by atoms with Gasteiger partial charge in [0, 0.05) is 11.0 Å². The highest BCUT2D eigenvalue weighted by atomic mass is 32.2. The monoisotopic (exact) mass is 377 g/mol. The summed E-state index contributed by atoms with van der Waals surface area (Å²) in [4.78, 5) is 13.0. The molecule has 0 spiro atoms. The molecule has 0 unspecified atom stereocenters. The van der Waals surface area contributed by atoms with Gasteiger partial charge in [0.05, 0.1) is 26.5 Å². The van der Waals surface area contributed by atoms with Crippen molar-refractivity contribution in [2.75, 3.05) is 31.7 Å². The van der Waals surface area contributed by atoms with Crippen molar-refractivity contribution >= 4 is 23.6 Å². The minimum absolute atomic E-state index is 0.0942. The van der Waals surface area contributed by atoms with Gasteiger partial charge < -0.3 is 14.2 Å². The fraction of sp³-hybridized carbons (Fsp3) is 0.350. The van der Waals surface area contributed by atoms with Gasteiger partial charge in [-0.05, 0) is 43.1 Å². The first kappa shape index (κ1) is 21.7. The normalized spacial score (nSPS) is 9.58. The van der Waals surface area contributed by atoms with Crippen LogP contribution in [-0.2, 0) is 9.53 Å². The van der Waals surface area contributed by atoms with Gasteiger partial charge in [-0.2, -0.15) is 0 Å². The molecule has 0 aliphatic carbocycles. The number of methoxy groups -OCH3 is 2. The van der Waals surface area contributed by atoms with E-state index in [9.17, 15) is 4.79 Å². The van der Waals surface area contributed by atoms with E-state index in [0.717, 1.165) is 10.6 Å². The second-order valence-corrected chi connectivity index (χ2v) is 5.88. The van der Waals surface area contributed by atoms with Crippen LogP contribution in [0.5, 0.6) is 11.5 Å². The third-order valence-electron chi connectivity index (χ3n) is 3.19. The number of rotatable bonds is 8. The summed E-state index contributed by atoms with van der Waals surface area (Å²) in [7, 11) is 3.20. The second-order valence-electron chi connectivity index (χ2n) is 4.78. The highest BCUT2D eigenvalue weighted by Crippen LogP contribution is 2.38. The van der Waals surface area contributed by atoms with E-state index >= 15 is 0 Å². The van der Waals surface area contributed by atoms with Gasteiger partial charge >= 0.3 is 5.97 Å². The first-order valence-electron chi connectivity index (χ1n) is 8.56. The van der Waals surface area contributed by atoms with Gasteiger partial charge in [0.25, 0.3) is 0 Å². The third kappa shape index (κ3) is 6.52. The lowest BCUT2D eigenvalue weighted by atomic mass is 10.2. The van der Waals surface area contributed by atoms with Gasteiger partial charge in [-0.25, -0.2) is 0 Å². The Morgan fingerprint density at radius 1 is 1.04 bits per heavy atom. The zero-order chi connectivity index (χ0) is 19.4. The predicted molar refractivity (Wildman–Crippen MR) is 107 cm³/mol. The van der Waals surface area contributed by atoms with Gasteiger partial charge in [-0.15, -0.1) is 0 Å². The summed E-state index contributed by atoms with van der Waals surface area (Å²) in [5.74, 6) is 1.04. The zero-order valence-electron chi connectivity index (χ0n) is 16.0. The molecular weight excluding hydrogens is 350 g/mol. The van der Waals surface area contributed by atoms with Crippen LogP contribution in [0.1, 0.15) is 20.8 Å². The zero-order valence-corrected chi connectivity index (χ0v) is 16.8. The number of esters is 1. The van der Waals surface area contributed by atoms with E-state index in [1.807, 2.05) is 66.7 Å². The summed E-state index contributed by atoms with van der Waals surface area (Å²) in [5.41, 5.74) is 0.749. The number of hydrogen-bond donors (Lipinski definition) is 0. The molecule has 142 valence electrons. The van der Waals surface area contributed by atoms with Crippen molar-refractivity contribution < 1.29 is 19.0 Å². The van der Waals surface area contributed by atoms with Crippen molar-refractivity contribution in [3.05, 3.63) is 48.5 Å². The third-order valence-corrected chi connectivity index (χ3v) is 4.22.